The highest BCUT2D eigenvalue weighted by atomic mass is 16.5. The molecule has 2 N–H and O–H groups in total. The van der Waals surface area contributed by atoms with Crippen LogP contribution in [-0.4, -0.2) is 42.0 Å². The molecule has 3 amide bonds. The van der Waals surface area contributed by atoms with E-state index >= 15 is 0 Å². The van der Waals surface area contributed by atoms with Crippen LogP contribution >= 0.6 is 0 Å². The zero-order chi connectivity index (χ0) is 17.0. The van der Waals surface area contributed by atoms with Crippen molar-refractivity contribution in [3.05, 3.63) is 29.8 Å². The topological polar surface area (TPSA) is 108 Å². The van der Waals surface area contributed by atoms with E-state index in [-0.39, 0.29) is 12.8 Å². The number of amides is 3. The number of rotatable bonds is 5. The molecule has 122 valence electrons. The second kappa shape index (κ2) is 6.91. The summed E-state index contributed by atoms with van der Waals surface area (Å²) in [5.41, 5.74) is 1.50. The van der Waals surface area contributed by atoms with Crippen LogP contribution in [0.15, 0.2) is 29.4 Å². The second-order valence-corrected chi connectivity index (χ2v) is 5.02. The van der Waals surface area contributed by atoms with E-state index in [2.05, 4.69) is 15.2 Å². The number of methoxy groups -OCH3 is 1. The van der Waals surface area contributed by atoms with E-state index in [1.165, 1.54) is 7.11 Å². The van der Waals surface area contributed by atoms with E-state index in [9.17, 15) is 14.4 Å². The van der Waals surface area contributed by atoms with Crippen molar-refractivity contribution in [2.45, 2.75) is 25.8 Å². The Morgan fingerprint density at radius 1 is 1.35 bits per heavy atom. The molecule has 0 spiro atoms. The molecule has 8 heteroatoms. The summed E-state index contributed by atoms with van der Waals surface area (Å²) in [6, 6.07) is 5.18. The first-order chi connectivity index (χ1) is 11.0. The molecule has 1 unspecified atom stereocenters. The number of carbonyl (C=O) groups excluding carboxylic acids is 3. The minimum Gasteiger partial charge on any atom is -0.469 e. The third-order valence-electron chi connectivity index (χ3n) is 3.58. The highest BCUT2D eigenvalue weighted by Gasteiger charge is 2.38. The number of anilines is 1. The van der Waals surface area contributed by atoms with Gasteiger partial charge in [0, 0.05) is 6.42 Å². The molecule has 1 heterocycles. The molecule has 1 saturated heterocycles. The van der Waals surface area contributed by atoms with E-state index in [0.717, 1.165) is 4.90 Å². The molecule has 0 radical (unpaired) electrons. The number of hydrogen-bond donors (Lipinski definition) is 2. The Morgan fingerprint density at radius 3 is 2.57 bits per heavy atom. The Labute approximate surface area is 132 Å². The number of ether oxygens (including phenoxy) is 1. The first kappa shape index (κ1) is 16.5. The molecule has 1 aromatic rings. The first-order valence-corrected chi connectivity index (χ1v) is 6.98. The second-order valence-electron chi connectivity index (χ2n) is 5.02. The minimum atomic E-state index is -0.748. The van der Waals surface area contributed by atoms with Gasteiger partial charge in [-0.05, 0) is 31.0 Å². The van der Waals surface area contributed by atoms with Gasteiger partial charge in [-0.3, -0.25) is 9.59 Å². The lowest BCUT2D eigenvalue weighted by atomic mass is 10.1. The number of nitrogens with zero attached hydrogens (tertiary/aromatic N) is 2. The lowest BCUT2D eigenvalue weighted by Gasteiger charge is -2.13. The Morgan fingerprint density at radius 2 is 2.00 bits per heavy atom. The maximum atomic E-state index is 12.3. The largest absolute Gasteiger partial charge is 0.469 e. The van der Waals surface area contributed by atoms with Crippen molar-refractivity contribution in [1.29, 1.82) is 0 Å². The smallest absolute Gasteiger partial charge is 0.329 e. The number of urea groups is 1. The standard InChI is InChI=1S/C15H17N3O5/c1-9(17-22)10-3-5-11(6-4-10)18-14(20)12(16-15(18)21)7-8-13(19)23-2/h3-6,12,22H,7-8H2,1-2H3,(H,16,21). The summed E-state index contributed by atoms with van der Waals surface area (Å²) in [6.07, 6.45) is 0.230. The van der Waals surface area contributed by atoms with Gasteiger partial charge in [0.05, 0.1) is 18.5 Å². The van der Waals surface area contributed by atoms with E-state index in [4.69, 9.17) is 5.21 Å². The summed E-state index contributed by atoms with van der Waals surface area (Å²) in [6.45, 7) is 1.63. The van der Waals surface area contributed by atoms with Crippen LogP contribution in [-0.2, 0) is 14.3 Å². The van der Waals surface area contributed by atoms with Crippen LogP contribution in [0.3, 0.4) is 0 Å². The van der Waals surface area contributed by atoms with Gasteiger partial charge in [-0.1, -0.05) is 17.3 Å². The minimum absolute atomic E-state index is 0.0477. The van der Waals surface area contributed by atoms with Gasteiger partial charge in [0.25, 0.3) is 5.91 Å². The molecular formula is C15H17N3O5. The van der Waals surface area contributed by atoms with E-state index in [1.54, 1.807) is 31.2 Å². The van der Waals surface area contributed by atoms with Crippen molar-refractivity contribution in [2.24, 2.45) is 5.16 Å². The van der Waals surface area contributed by atoms with Crippen molar-refractivity contribution in [3.63, 3.8) is 0 Å². The zero-order valence-electron chi connectivity index (χ0n) is 12.8. The van der Waals surface area contributed by atoms with Crippen LogP contribution in [0.4, 0.5) is 10.5 Å². The van der Waals surface area contributed by atoms with Crippen molar-refractivity contribution < 1.29 is 24.3 Å². The predicted octanol–water partition coefficient (Wildman–Crippen LogP) is 1.26. The van der Waals surface area contributed by atoms with Crippen LogP contribution in [0.5, 0.6) is 0 Å². The average molecular weight is 319 g/mol. The Kier molecular flexibility index (Phi) is 4.95. The molecule has 1 aliphatic rings. The number of carbonyl (C=O) groups is 3. The molecule has 0 bridgehead atoms. The van der Waals surface area contributed by atoms with Crippen molar-refractivity contribution in [2.75, 3.05) is 12.0 Å². The maximum Gasteiger partial charge on any atom is 0.329 e. The zero-order valence-corrected chi connectivity index (χ0v) is 12.8. The molecule has 1 fully saturated rings. The number of benzene rings is 1. The van der Waals surface area contributed by atoms with Crippen molar-refractivity contribution >= 4 is 29.3 Å². The summed E-state index contributed by atoms with van der Waals surface area (Å²) in [4.78, 5) is 36.5. The highest BCUT2D eigenvalue weighted by Crippen LogP contribution is 2.22. The van der Waals surface area contributed by atoms with Gasteiger partial charge < -0.3 is 15.3 Å². The number of esters is 1. The molecule has 0 saturated carbocycles. The third-order valence-corrected chi connectivity index (χ3v) is 3.58. The fourth-order valence-corrected chi connectivity index (χ4v) is 2.25. The van der Waals surface area contributed by atoms with Gasteiger partial charge >= 0.3 is 12.0 Å². The summed E-state index contributed by atoms with van der Waals surface area (Å²) in [7, 11) is 1.27. The molecular weight excluding hydrogens is 302 g/mol. The SMILES string of the molecule is COC(=O)CCC1NC(=O)N(c2ccc(C(C)=NO)cc2)C1=O. The van der Waals surface area contributed by atoms with Gasteiger partial charge in [-0.2, -0.15) is 0 Å². The predicted molar refractivity (Wildman–Crippen MR) is 81.5 cm³/mol. The van der Waals surface area contributed by atoms with Gasteiger partial charge in [0.2, 0.25) is 0 Å². The van der Waals surface area contributed by atoms with E-state index in [1.807, 2.05) is 0 Å². The monoisotopic (exact) mass is 319 g/mol. The van der Waals surface area contributed by atoms with Crippen molar-refractivity contribution in [1.82, 2.24) is 5.32 Å². The molecule has 2 rings (SSSR count). The summed E-state index contributed by atoms with van der Waals surface area (Å²) >= 11 is 0. The molecule has 1 atom stereocenters. The van der Waals surface area contributed by atoms with Crippen LogP contribution < -0.4 is 10.2 Å². The summed E-state index contributed by atoms with van der Waals surface area (Å²) in [5.74, 6) is -0.854. The van der Waals surface area contributed by atoms with Crippen LogP contribution in [0.1, 0.15) is 25.3 Å². The van der Waals surface area contributed by atoms with Gasteiger partial charge in [-0.15, -0.1) is 0 Å². The highest BCUT2D eigenvalue weighted by molar-refractivity contribution is 6.21. The fourth-order valence-electron chi connectivity index (χ4n) is 2.25. The van der Waals surface area contributed by atoms with E-state index < -0.39 is 23.9 Å². The normalized spacial score (nSPS) is 18.1. The third kappa shape index (κ3) is 3.47. The Hall–Kier alpha value is -2.90. The van der Waals surface area contributed by atoms with E-state index in [0.29, 0.717) is 17.0 Å². The number of nitrogens with one attached hydrogen (secondary N) is 1. The first-order valence-electron chi connectivity index (χ1n) is 6.98. The Bertz CT molecular complexity index is 654. The van der Waals surface area contributed by atoms with Crippen LogP contribution in [0, 0.1) is 0 Å². The van der Waals surface area contributed by atoms with Crippen LogP contribution in [0.25, 0.3) is 0 Å². The van der Waals surface area contributed by atoms with Crippen molar-refractivity contribution in [3.8, 4) is 0 Å². The van der Waals surface area contributed by atoms with Gasteiger partial charge in [0.15, 0.2) is 0 Å². The molecule has 23 heavy (non-hydrogen) atoms. The quantitative estimate of drug-likeness (QED) is 0.279. The molecule has 0 aromatic heterocycles. The Balaban J connectivity index is 2.12. The molecule has 8 nitrogen and oxygen atoms in total. The summed E-state index contributed by atoms with van der Waals surface area (Å²) in [5, 5.41) is 14.4. The maximum absolute atomic E-state index is 12.3. The fraction of sp³-hybridized carbons (Fsp3) is 0.333. The number of imide groups is 1. The average Bonchev–Trinajstić information content (AvgIpc) is 2.85. The molecule has 0 aliphatic carbocycles. The van der Waals surface area contributed by atoms with Gasteiger partial charge in [0.1, 0.15) is 6.04 Å². The van der Waals surface area contributed by atoms with Crippen LogP contribution in [0.2, 0.25) is 0 Å². The molecule has 1 aliphatic heterocycles. The number of hydrogen-bond acceptors (Lipinski definition) is 6. The molecule has 1 aromatic carbocycles. The number of oxime groups is 1. The lowest BCUT2D eigenvalue weighted by molar-refractivity contribution is -0.140. The summed E-state index contributed by atoms with van der Waals surface area (Å²) < 4.78 is 4.52. The lowest BCUT2D eigenvalue weighted by Crippen LogP contribution is -2.31. The van der Waals surface area contributed by atoms with Gasteiger partial charge in [-0.25, -0.2) is 9.69 Å².